The van der Waals surface area contributed by atoms with Gasteiger partial charge in [-0.3, -0.25) is 10.1 Å². The van der Waals surface area contributed by atoms with E-state index >= 15 is 0 Å². The van der Waals surface area contributed by atoms with Crippen LogP contribution in [0.25, 0.3) is 33.6 Å². The summed E-state index contributed by atoms with van der Waals surface area (Å²) in [5, 5.41) is 8.15. The molecule has 1 saturated heterocycles. The summed E-state index contributed by atoms with van der Waals surface area (Å²) in [6.45, 7) is 7.00. The Morgan fingerprint density at radius 3 is 2.13 bits per heavy atom. The van der Waals surface area contributed by atoms with Gasteiger partial charge in [-0.1, -0.05) is 69.3 Å². The number of urea groups is 1. The quantitative estimate of drug-likeness (QED) is 0.154. The zero-order chi connectivity index (χ0) is 31.9. The summed E-state index contributed by atoms with van der Waals surface area (Å²) in [5.74, 6) is 0.897. The first-order chi connectivity index (χ1) is 21.8. The van der Waals surface area contributed by atoms with Gasteiger partial charge >= 0.3 is 12.1 Å². The summed E-state index contributed by atoms with van der Waals surface area (Å²) in [4.78, 5) is 54.5. The number of anilines is 1. The van der Waals surface area contributed by atoms with Gasteiger partial charge in [0.15, 0.2) is 0 Å². The van der Waals surface area contributed by atoms with Gasteiger partial charge in [-0.05, 0) is 47.4 Å². The number of carbonyl (C=O) groups is 3. The highest BCUT2D eigenvalue weighted by molar-refractivity contribution is 5.88. The van der Waals surface area contributed by atoms with Crippen molar-refractivity contribution in [2.45, 2.75) is 52.1 Å². The highest BCUT2D eigenvalue weighted by Crippen LogP contribution is 2.33. The van der Waals surface area contributed by atoms with Crippen LogP contribution >= 0.6 is 0 Å². The molecule has 1 aliphatic heterocycles. The summed E-state index contributed by atoms with van der Waals surface area (Å²) in [6.07, 6.45) is 5.39. The summed E-state index contributed by atoms with van der Waals surface area (Å²) < 4.78 is 4.73. The van der Waals surface area contributed by atoms with E-state index in [1.807, 2.05) is 57.2 Å². The zero-order valence-electron chi connectivity index (χ0n) is 26.0. The number of rotatable bonds is 10. The number of imidazole rings is 2. The number of likely N-dealkylation sites (tertiary alicyclic amines) is 1. The minimum absolute atomic E-state index is 0.0924. The third-order valence-corrected chi connectivity index (χ3v) is 7.91. The van der Waals surface area contributed by atoms with E-state index in [0.29, 0.717) is 19.0 Å². The highest BCUT2D eigenvalue weighted by atomic mass is 16.5. The van der Waals surface area contributed by atoms with E-state index in [1.54, 1.807) is 17.3 Å². The lowest BCUT2D eigenvalue weighted by Crippen LogP contribution is -2.51. The lowest BCUT2D eigenvalue weighted by atomic mass is 10.0. The number of carbonyl (C=O) groups excluding carboxylic acids is 3. The van der Waals surface area contributed by atoms with Gasteiger partial charge in [-0.15, -0.1) is 0 Å². The van der Waals surface area contributed by atoms with Crippen molar-refractivity contribution in [2.75, 3.05) is 25.5 Å². The van der Waals surface area contributed by atoms with Crippen LogP contribution < -0.4 is 16.0 Å². The largest absolute Gasteiger partial charge is 0.453 e. The molecule has 0 spiro atoms. The van der Waals surface area contributed by atoms with Crippen LogP contribution in [0.2, 0.25) is 0 Å². The third-order valence-electron chi connectivity index (χ3n) is 7.91. The number of methoxy groups -OCH3 is 1. The summed E-state index contributed by atoms with van der Waals surface area (Å²) in [5.41, 5.74) is 5.74. The lowest BCUT2D eigenvalue weighted by molar-refractivity contribution is -0.135. The molecule has 5 rings (SSSR count). The van der Waals surface area contributed by atoms with Crippen molar-refractivity contribution >= 4 is 24.0 Å². The maximum atomic E-state index is 13.4. The van der Waals surface area contributed by atoms with Crippen molar-refractivity contribution in [1.82, 2.24) is 35.5 Å². The summed E-state index contributed by atoms with van der Waals surface area (Å²) >= 11 is 0. The Labute approximate surface area is 262 Å². The van der Waals surface area contributed by atoms with Gasteiger partial charge in [0.25, 0.3) is 0 Å². The van der Waals surface area contributed by atoms with Crippen molar-refractivity contribution in [3.8, 4) is 33.6 Å². The fourth-order valence-electron chi connectivity index (χ4n) is 5.45. The molecule has 12 heteroatoms. The molecule has 2 atom stereocenters. The molecule has 1 aliphatic rings. The molecule has 4 aromatic rings. The van der Waals surface area contributed by atoms with E-state index in [9.17, 15) is 14.4 Å². The maximum Gasteiger partial charge on any atom is 0.407 e. The summed E-state index contributed by atoms with van der Waals surface area (Å²) in [7, 11) is 1.29. The second-order valence-corrected chi connectivity index (χ2v) is 11.4. The Morgan fingerprint density at radius 2 is 1.53 bits per heavy atom. The second-order valence-electron chi connectivity index (χ2n) is 11.4. The smallest absolute Gasteiger partial charge is 0.407 e. The molecule has 4 amide bonds. The monoisotopic (exact) mass is 612 g/mol. The van der Waals surface area contributed by atoms with Gasteiger partial charge in [0.1, 0.15) is 11.9 Å². The topological polar surface area (TPSA) is 157 Å². The highest BCUT2D eigenvalue weighted by Gasteiger charge is 2.37. The van der Waals surface area contributed by atoms with Crippen LogP contribution in [0.15, 0.2) is 60.9 Å². The van der Waals surface area contributed by atoms with Crippen LogP contribution in [0.3, 0.4) is 0 Å². The Morgan fingerprint density at radius 1 is 0.933 bits per heavy atom. The number of hydrogen-bond donors (Lipinski definition) is 5. The minimum atomic E-state index is -0.674. The maximum absolute atomic E-state index is 13.4. The Balaban J connectivity index is 1.24. The molecule has 236 valence electrons. The molecule has 12 nitrogen and oxygen atoms in total. The van der Waals surface area contributed by atoms with Crippen LogP contribution in [0.5, 0.6) is 0 Å². The number of aromatic amines is 2. The molecule has 2 aromatic heterocycles. The van der Waals surface area contributed by atoms with E-state index in [-0.39, 0.29) is 23.9 Å². The molecule has 45 heavy (non-hydrogen) atoms. The number of ether oxygens (including phenoxy) is 1. The number of hydrogen-bond acceptors (Lipinski definition) is 6. The number of H-pyrrole nitrogens is 2. The first-order valence-corrected chi connectivity index (χ1v) is 15.3. The van der Waals surface area contributed by atoms with Gasteiger partial charge in [-0.25, -0.2) is 19.6 Å². The molecule has 0 bridgehead atoms. The van der Waals surface area contributed by atoms with Crippen molar-refractivity contribution < 1.29 is 19.1 Å². The van der Waals surface area contributed by atoms with E-state index in [1.165, 1.54) is 7.11 Å². The number of nitrogens with zero attached hydrogens (tertiary/aromatic N) is 3. The Bertz CT molecular complexity index is 1610. The molecule has 0 saturated carbocycles. The van der Waals surface area contributed by atoms with Gasteiger partial charge < -0.3 is 30.2 Å². The predicted octanol–water partition coefficient (Wildman–Crippen LogP) is 5.71. The molecular weight excluding hydrogens is 572 g/mol. The molecular formula is C33H40N8O4. The average Bonchev–Trinajstić information content (AvgIpc) is 3.83. The van der Waals surface area contributed by atoms with Crippen LogP contribution in [0.1, 0.15) is 51.9 Å². The van der Waals surface area contributed by atoms with Crippen molar-refractivity contribution in [3.63, 3.8) is 0 Å². The standard InChI is InChI=1S/C33H40N8O4/c1-5-16-34-32(43)40-31-36-19-26(38-31)24-14-10-22(11-15-24)21-8-12-23(13-9-21)25-18-35-29(37-25)27-7-6-17-41(27)30(42)28(20(2)3)39-33(44)45-4/h8-15,18-20,27-28H,5-7,16-17H2,1-4H3,(H,35,37)(H,39,44)(H3,34,36,38,40,43). The van der Waals surface area contributed by atoms with E-state index < -0.39 is 12.1 Å². The third kappa shape index (κ3) is 7.34. The first kappa shape index (κ1) is 31.3. The molecule has 1 fully saturated rings. The Kier molecular flexibility index (Phi) is 9.81. The average molecular weight is 613 g/mol. The molecule has 0 aliphatic carbocycles. The number of benzene rings is 2. The van der Waals surface area contributed by atoms with E-state index in [4.69, 9.17) is 4.74 Å². The predicted molar refractivity (Wildman–Crippen MR) is 172 cm³/mol. The van der Waals surface area contributed by atoms with Crippen molar-refractivity contribution in [2.24, 2.45) is 5.92 Å². The Hall–Kier alpha value is -5.13. The number of amides is 4. The van der Waals surface area contributed by atoms with Crippen molar-refractivity contribution in [1.29, 1.82) is 0 Å². The minimum Gasteiger partial charge on any atom is -0.453 e. The SMILES string of the molecule is CCCNC(=O)Nc1ncc(-c2ccc(-c3ccc(-c4cnc(C5CCCN5C(=O)C(NC(=O)OC)C(C)C)[nH]4)cc3)cc2)[nH]1. The van der Waals surface area contributed by atoms with Crippen LogP contribution in [0, 0.1) is 5.92 Å². The number of alkyl carbamates (subject to hydrolysis) is 1. The van der Waals surface area contributed by atoms with Crippen LogP contribution in [0.4, 0.5) is 15.5 Å². The van der Waals surface area contributed by atoms with E-state index in [2.05, 4.69) is 48.0 Å². The van der Waals surface area contributed by atoms with Crippen LogP contribution in [-0.4, -0.2) is 69.1 Å². The molecule has 0 radical (unpaired) electrons. The molecule has 2 aromatic carbocycles. The van der Waals surface area contributed by atoms with Gasteiger partial charge in [0, 0.05) is 13.1 Å². The molecule has 5 N–H and O–H groups in total. The second kappa shape index (κ2) is 14.1. The van der Waals surface area contributed by atoms with Gasteiger partial charge in [0.05, 0.1) is 36.9 Å². The fourth-order valence-corrected chi connectivity index (χ4v) is 5.45. The van der Waals surface area contributed by atoms with E-state index in [0.717, 1.165) is 58.7 Å². The van der Waals surface area contributed by atoms with Crippen molar-refractivity contribution in [3.05, 3.63) is 66.7 Å². The van der Waals surface area contributed by atoms with Gasteiger partial charge in [0.2, 0.25) is 11.9 Å². The number of nitrogens with one attached hydrogen (secondary N) is 5. The molecule has 2 unspecified atom stereocenters. The summed E-state index contributed by atoms with van der Waals surface area (Å²) in [6, 6.07) is 15.2. The first-order valence-electron chi connectivity index (χ1n) is 15.3. The fraction of sp³-hybridized carbons (Fsp3) is 0.364. The van der Waals surface area contributed by atoms with Crippen LogP contribution in [-0.2, 0) is 9.53 Å². The molecule has 3 heterocycles. The normalized spacial score (nSPS) is 15.1. The van der Waals surface area contributed by atoms with Gasteiger partial charge in [-0.2, -0.15) is 0 Å². The zero-order valence-corrected chi connectivity index (χ0v) is 26.0. The lowest BCUT2D eigenvalue weighted by Gasteiger charge is -2.30. The number of aromatic nitrogens is 4.